The Labute approximate surface area is 93.1 Å². The number of nitrogens with one attached hydrogen (secondary N) is 1. The van der Waals surface area contributed by atoms with Crippen LogP contribution in [0.3, 0.4) is 0 Å². The molecule has 0 saturated heterocycles. The largest absolute Gasteiger partial charge is 0.431 e. The highest BCUT2D eigenvalue weighted by Gasteiger charge is 2.40. The van der Waals surface area contributed by atoms with Gasteiger partial charge in [0.05, 0.1) is 6.04 Å². The van der Waals surface area contributed by atoms with E-state index in [9.17, 15) is 22.0 Å². The molecule has 1 aliphatic heterocycles. The summed E-state index contributed by atoms with van der Waals surface area (Å²) < 4.78 is 62.8. The van der Waals surface area contributed by atoms with E-state index in [-0.39, 0.29) is 5.56 Å². The SMILES string of the molecule is Fc1ccc(C2CC(C(F)(F)F)=NN2)c(F)c1. The zero-order valence-electron chi connectivity index (χ0n) is 8.35. The van der Waals surface area contributed by atoms with Gasteiger partial charge in [-0.05, 0) is 6.07 Å². The Morgan fingerprint density at radius 3 is 2.47 bits per heavy atom. The van der Waals surface area contributed by atoms with Gasteiger partial charge < -0.3 is 5.43 Å². The molecule has 17 heavy (non-hydrogen) atoms. The van der Waals surface area contributed by atoms with Crippen LogP contribution in [0, 0.1) is 11.6 Å². The molecule has 0 amide bonds. The van der Waals surface area contributed by atoms with E-state index in [0.29, 0.717) is 6.07 Å². The Bertz CT molecular complexity index is 466. The van der Waals surface area contributed by atoms with Gasteiger partial charge in [-0.25, -0.2) is 8.78 Å². The Balaban J connectivity index is 2.18. The van der Waals surface area contributed by atoms with Gasteiger partial charge >= 0.3 is 6.18 Å². The van der Waals surface area contributed by atoms with Crippen molar-refractivity contribution in [1.82, 2.24) is 5.43 Å². The molecular formula is C10H7F5N2. The van der Waals surface area contributed by atoms with Gasteiger partial charge in [-0.3, -0.25) is 0 Å². The van der Waals surface area contributed by atoms with Gasteiger partial charge in [-0.1, -0.05) is 6.07 Å². The second-order valence-corrected chi connectivity index (χ2v) is 3.61. The summed E-state index contributed by atoms with van der Waals surface area (Å²) in [6, 6.07) is 1.82. The average Bonchev–Trinajstić information content (AvgIpc) is 2.65. The topological polar surface area (TPSA) is 24.4 Å². The van der Waals surface area contributed by atoms with Gasteiger partial charge in [-0.15, -0.1) is 0 Å². The normalized spacial score (nSPS) is 20.1. The molecule has 0 bridgehead atoms. The molecule has 2 nitrogen and oxygen atoms in total. The summed E-state index contributed by atoms with van der Waals surface area (Å²) >= 11 is 0. The van der Waals surface area contributed by atoms with Crippen molar-refractivity contribution < 1.29 is 22.0 Å². The minimum absolute atomic E-state index is 0.0330. The zero-order chi connectivity index (χ0) is 12.6. The minimum Gasteiger partial charge on any atom is -0.302 e. The fourth-order valence-electron chi connectivity index (χ4n) is 1.58. The predicted molar refractivity (Wildman–Crippen MR) is 50.3 cm³/mol. The van der Waals surface area contributed by atoms with Gasteiger partial charge in [-0.2, -0.15) is 18.3 Å². The van der Waals surface area contributed by atoms with Gasteiger partial charge in [0.2, 0.25) is 0 Å². The van der Waals surface area contributed by atoms with Crippen molar-refractivity contribution in [1.29, 1.82) is 0 Å². The molecular weight excluding hydrogens is 243 g/mol. The number of alkyl halides is 3. The van der Waals surface area contributed by atoms with Crippen LogP contribution in [0.5, 0.6) is 0 Å². The summed E-state index contributed by atoms with van der Waals surface area (Å²) in [5.74, 6) is -1.66. The number of hydrazone groups is 1. The quantitative estimate of drug-likeness (QED) is 0.761. The first-order valence-corrected chi connectivity index (χ1v) is 4.72. The van der Waals surface area contributed by atoms with Crippen LogP contribution in [0.25, 0.3) is 0 Å². The third-order valence-corrected chi connectivity index (χ3v) is 2.42. The summed E-state index contributed by atoms with van der Waals surface area (Å²) in [6.45, 7) is 0. The van der Waals surface area contributed by atoms with E-state index >= 15 is 0 Å². The number of rotatable bonds is 1. The fraction of sp³-hybridized carbons (Fsp3) is 0.300. The van der Waals surface area contributed by atoms with Gasteiger partial charge in [0.1, 0.15) is 17.3 Å². The maximum atomic E-state index is 13.3. The molecule has 0 aromatic heterocycles. The number of hydrogen-bond donors (Lipinski definition) is 1. The molecule has 0 fully saturated rings. The summed E-state index contributed by atoms with van der Waals surface area (Å²) in [5.41, 5.74) is 1.17. The maximum Gasteiger partial charge on any atom is 0.431 e. The molecule has 1 N–H and O–H groups in total. The highest BCUT2D eigenvalue weighted by Crippen LogP contribution is 2.30. The first kappa shape index (κ1) is 11.8. The van der Waals surface area contributed by atoms with Crippen LogP contribution in [-0.4, -0.2) is 11.9 Å². The van der Waals surface area contributed by atoms with E-state index in [2.05, 4.69) is 10.5 Å². The highest BCUT2D eigenvalue weighted by atomic mass is 19.4. The predicted octanol–water partition coefficient (Wildman–Crippen LogP) is 2.92. The van der Waals surface area contributed by atoms with Crippen molar-refractivity contribution in [2.45, 2.75) is 18.6 Å². The molecule has 2 rings (SSSR count). The first-order chi connectivity index (χ1) is 7.88. The molecule has 0 aliphatic carbocycles. The molecule has 1 atom stereocenters. The van der Waals surface area contributed by atoms with Crippen LogP contribution in [-0.2, 0) is 0 Å². The van der Waals surface area contributed by atoms with Crippen LogP contribution in [0.2, 0.25) is 0 Å². The molecule has 0 spiro atoms. The van der Waals surface area contributed by atoms with E-state index in [4.69, 9.17) is 0 Å². The van der Waals surface area contributed by atoms with E-state index in [1.165, 1.54) is 0 Å². The average molecular weight is 250 g/mol. The highest BCUT2D eigenvalue weighted by molar-refractivity contribution is 5.91. The maximum absolute atomic E-state index is 13.3. The Hall–Kier alpha value is -1.66. The van der Waals surface area contributed by atoms with E-state index in [1.54, 1.807) is 0 Å². The van der Waals surface area contributed by atoms with Crippen LogP contribution >= 0.6 is 0 Å². The van der Waals surface area contributed by atoms with E-state index < -0.39 is 36.0 Å². The Morgan fingerprint density at radius 1 is 1.24 bits per heavy atom. The van der Waals surface area contributed by atoms with E-state index in [1.807, 2.05) is 0 Å². The molecule has 0 saturated carbocycles. The van der Waals surface area contributed by atoms with Crippen LogP contribution < -0.4 is 5.43 Å². The lowest BCUT2D eigenvalue weighted by Gasteiger charge is -2.11. The monoisotopic (exact) mass is 250 g/mol. The van der Waals surface area contributed by atoms with E-state index in [0.717, 1.165) is 12.1 Å². The smallest absolute Gasteiger partial charge is 0.302 e. The van der Waals surface area contributed by atoms with Gasteiger partial charge in [0.15, 0.2) is 0 Å². The number of hydrogen-bond acceptors (Lipinski definition) is 2. The zero-order valence-corrected chi connectivity index (χ0v) is 8.35. The molecule has 1 aromatic carbocycles. The molecule has 1 heterocycles. The van der Waals surface area contributed by atoms with Crippen molar-refractivity contribution in [2.24, 2.45) is 5.10 Å². The molecule has 7 heteroatoms. The van der Waals surface area contributed by atoms with Crippen LogP contribution in [0.4, 0.5) is 22.0 Å². The van der Waals surface area contributed by atoms with Gasteiger partial charge in [0, 0.05) is 18.1 Å². The Morgan fingerprint density at radius 2 is 1.94 bits per heavy atom. The van der Waals surface area contributed by atoms with Crippen LogP contribution in [0.1, 0.15) is 18.0 Å². The van der Waals surface area contributed by atoms with Crippen molar-refractivity contribution >= 4 is 5.71 Å². The lowest BCUT2D eigenvalue weighted by molar-refractivity contribution is -0.0600. The first-order valence-electron chi connectivity index (χ1n) is 4.72. The van der Waals surface area contributed by atoms with Crippen molar-refractivity contribution in [3.63, 3.8) is 0 Å². The second kappa shape index (κ2) is 3.97. The van der Waals surface area contributed by atoms with Crippen molar-refractivity contribution in [3.8, 4) is 0 Å². The van der Waals surface area contributed by atoms with Crippen molar-refractivity contribution in [2.75, 3.05) is 0 Å². The Kier molecular flexibility index (Phi) is 2.76. The third-order valence-electron chi connectivity index (χ3n) is 2.42. The number of halogens is 5. The lowest BCUT2D eigenvalue weighted by atomic mass is 10.0. The molecule has 1 aliphatic rings. The third kappa shape index (κ3) is 2.37. The summed E-state index contributed by atoms with van der Waals surface area (Å²) in [6.07, 6.45) is -5.00. The fourth-order valence-corrected chi connectivity index (χ4v) is 1.58. The summed E-state index contributed by atoms with van der Waals surface area (Å²) in [4.78, 5) is 0. The van der Waals surface area contributed by atoms with Crippen molar-refractivity contribution in [3.05, 3.63) is 35.4 Å². The van der Waals surface area contributed by atoms with Crippen LogP contribution in [0.15, 0.2) is 23.3 Å². The molecule has 92 valence electrons. The summed E-state index contributed by atoms with van der Waals surface area (Å²) in [7, 11) is 0. The lowest BCUT2D eigenvalue weighted by Crippen LogP contribution is -2.21. The second-order valence-electron chi connectivity index (χ2n) is 3.61. The minimum atomic E-state index is -4.53. The van der Waals surface area contributed by atoms with Gasteiger partial charge in [0.25, 0.3) is 0 Å². The number of benzene rings is 1. The molecule has 1 unspecified atom stereocenters. The summed E-state index contributed by atoms with van der Waals surface area (Å²) in [5, 5.41) is 3.11. The number of nitrogens with zero attached hydrogens (tertiary/aromatic N) is 1. The molecule has 0 radical (unpaired) electrons. The standard InChI is InChI=1S/C10H7F5N2/c11-5-1-2-6(7(12)3-5)8-4-9(17-16-8)10(13,14)15/h1-3,8,16H,4H2. The molecule has 1 aromatic rings.